The van der Waals surface area contributed by atoms with E-state index in [1.54, 1.807) is 18.2 Å². The average molecular weight is 557 g/mol. The van der Waals surface area contributed by atoms with Gasteiger partial charge in [0.25, 0.3) is 0 Å². The first-order chi connectivity index (χ1) is 17.8. The first-order valence-corrected chi connectivity index (χ1v) is 14.7. The normalized spacial score (nSPS) is 22.1. The number of nitrogens with two attached hydrogens (primary N) is 1. The van der Waals surface area contributed by atoms with Crippen molar-refractivity contribution in [3.05, 3.63) is 29.3 Å². The van der Waals surface area contributed by atoms with Crippen molar-refractivity contribution >= 4 is 33.4 Å². The Morgan fingerprint density at radius 2 is 1.76 bits per heavy atom. The summed E-state index contributed by atoms with van der Waals surface area (Å²) in [4.78, 5) is 36.6. The topological polar surface area (TPSA) is 139 Å². The van der Waals surface area contributed by atoms with Crippen LogP contribution in [0.4, 0.5) is 14.5 Å². The van der Waals surface area contributed by atoms with E-state index in [-0.39, 0.29) is 68.2 Å². The number of amides is 3. The Balaban J connectivity index is 1.55. The molecule has 3 rings (SSSR count). The lowest BCUT2D eigenvalue weighted by Gasteiger charge is -2.40. The average Bonchev–Trinajstić information content (AvgIpc) is 2.83. The number of sulfonamides is 1. The molecule has 3 amide bonds. The number of piperidine rings is 1. The number of aryl methyl sites for hydroxylation is 2. The summed E-state index contributed by atoms with van der Waals surface area (Å²) < 4.78 is 52.7. The molecule has 1 saturated heterocycles. The number of nitrogens with zero attached hydrogens (tertiary/aromatic N) is 1. The Labute approximate surface area is 222 Å². The summed E-state index contributed by atoms with van der Waals surface area (Å²) in [6.45, 7) is 3.36. The smallest absolute Gasteiger partial charge is 0.243 e. The van der Waals surface area contributed by atoms with E-state index >= 15 is 0 Å². The van der Waals surface area contributed by atoms with Gasteiger partial charge < -0.3 is 16.4 Å². The summed E-state index contributed by atoms with van der Waals surface area (Å²) in [6, 6.07) is 5.31. The van der Waals surface area contributed by atoms with Gasteiger partial charge in [-0.3, -0.25) is 14.4 Å². The molecule has 0 spiro atoms. The predicted octanol–water partition coefficient (Wildman–Crippen LogP) is 2.72. The van der Waals surface area contributed by atoms with Crippen LogP contribution in [0.25, 0.3) is 0 Å². The summed E-state index contributed by atoms with van der Waals surface area (Å²) >= 11 is 0. The molecule has 212 valence electrons. The molecular formula is C26H38F2N4O5S. The number of hydrogen-bond donors (Lipinski definition) is 3. The zero-order chi connectivity index (χ0) is 28.1. The van der Waals surface area contributed by atoms with Gasteiger partial charge in [0, 0.05) is 38.0 Å². The number of nitrogens with one attached hydrogen (secondary N) is 2. The predicted molar refractivity (Wildman–Crippen MR) is 140 cm³/mol. The second-order valence-corrected chi connectivity index (χ2v) is 12.7. The van der Waals surface area contributed by atoms with Crippen molar-refractivity contribution in [2.75, 3.05) is 24.2 Å². The Morgan fingerprint density at radius 1 is 1.13 bits per heavy atom. The molecule has 1 aliphatic carbocycles. The molecule has 12 heteroatoms. The van der Waals surface area contributed by atoms with Crippen LogP contribution in [0.5, 0.6) is 0 Å². The number of hydrogen-bond acceptors (Lipinski definition) is 5. The van der Waals surface area contributed by atoms with E-state index < -0.39 is 27.9 Å². The molecule has 0 bridgehead atoms. The van der Waals surface area contributed by atoms with Crippen molar-refractivity contribution < 1.29 is 31.6 Å². The van der Waals surface area contributed by atoms with Gasteiger partial charge in [-0.2, -0.15) is 0 Å². The molecule has 2 aliphatic rings. The van der Waals surface area contributed by atoms with Crippen molar-refractivity contribution in [2.24, 2.45) is 17.6 Å². The molecule has 38 heavy (non-hydrogen) atoms. The van der Waals surface area contributed by atoms with Crippen LogP contribution in [0, 0.1) is 18.8 Å². The van der Waals surface area contributed by atoms with Crippen LogP contribution in [0.15, 0.2) is 18.2 Å². The molecule has 9 nitrogen and oxygen atoms in total. The molecule has 4 N–H and O–H groups in total. The fourth-order valence-corrected chi connectivity index (χ4v) is 6.93. The van der Waals surface area contributed by atoms with Crippen LogP contribution in [0.3, 0.4) is 0 Å². The maximum Gasteiger partial charge on any atom is 0.243 e. The van der Waals surface area contributed by atoms with Gasteiger partial charge in [0.05, 0.1) is 5.75 Å². The minimum absolute atomic E-state index is 0.0487. The summed E-state index contributed by atoms with van der Waals surface area (Å²) in [5, 5.41) is 5.50. The molecule has 1 heterocycles. The highest BCUT2D eigenvalue weighted by Crippen LogP contribution is 2.33. The number of benzene rings is 1. The monoisotopic (exact) mass is 556 g/mol. The van der Waals surface area contributed by atoms with Crippen molar-refractivity contribution in [1.29, 1.82) is 0 Å². The number of alkyl halides is 2. The van der Waals surface area contributed by atoms with E-state index in [4.69, 9.17) is 5.73 Å². The molecule has 1 saturated carbocycles. The highest BCUT2D eigenvalue weighted by Gasteiger charge is 2.44. The highest BCUT2D eigenvalue weighted by atomic mass is 32.2. The van der Waals surface area contributed by atoms with Crippen LogP contribution in [0.1, 0.15) is 63.0 Å². The largest absolute Gasteiger partial charge is 0.368 e. The van der Waals surface area contributed by atoms with Crippen molar-refractivity contribution in [3.8, 4) is 0 Å². The van der Waals surface area contributed by atoms with Crippen molar-refractivity contribution in [1.82, 2.24) is 9.62 Å². The number of halogens is 2. The summed E-state index contributed by atoms with van der Waals surface area (Å²) in [7, 11) is -3.63. The fourth-order valence-electron chi connectivity index (χ4n) is 5.45. The van der Waals surface area contributed by atoms with Gasteiger partial charge in [-0.25, -0.2) is 21.5 Å². The molecule has 0 unspecified atom stereocenters. The Morgan fingerprint density at radius 3 is 2.29 bits per heavy atom. The second kappa shape index (κ2) is 12.5. The van der Waals surface area contributed by atoms with E-state index in [2.05, 4.69) is 10.6 Å². The second-order valence-electron chi connectivity index (χ2n) is 10.6. The number of carbonyl (C=O) groups excluding carboxylic acids is 3. The number of rotatable bonds is 10. The van der Waals surface area contributed by atoms with Crippen LogP contribution < -0.4 is 16.4 Å². The number of carbonyl (C=O) groups is 3. The Kier molecular flexibility index (Phi) is 9.85. The molecule has 0 radical (unpaired) electrons. The Hall–Kier alpha value is -2.60. The van der Waals surface area contributed by atoms with E-state index in [0.717, 1.165) is 11.1 Å². The van der Waals surface area contributed by atoms with E-state index in [0.29, 0.717) is 31.4 Å². The first-order valence-electron chi connectivity index (χ1n) is 13.1. The summed E-state index contributed by atoms with van der Waals surface area (Å²) in [5.74, 6) is -1.81. The molecule has 0 atom stereocenters. The fraction of sp³-hybridized carbons (Fsp3) is 0.654. The van der Waals surface area contributed by atoms with Crippen LogP contribution in [0.2, 0.25) is 0 Å². The lowest BCUT2D eigenvalue weighted by molar-refractivity contribution is -0.136. The van der Waals surface area contributed by atoms with Gasteiger partial charge >= 0.3 is 0 Å². The first kappa shape index (κ1) is 29.9. The van der Waals surface area contributed by atoms with Crippen molar-refractivity contribution in [2.45, 2.75) is 77.2 Å². The maximum absolute atomic E-state index is 13.1. The van der Waals surface area contributed by atoms with E-state index in [1.165, 1.54) is 11.2 Å². The minimum Gasteiger partial charge on any atom is -0.368 e. The van der Waals surface area contributed by atoms with Gasteiger partial charge in [0.1, 0.15) is 5.54 Å². The van der Waals surface area contributed by atoms with Crippen LogP contribution in [-0.4, -0.2) is 61.3 Å². The molecular weight excluding hydrogens is 518 g/mol. The third kappa shape index (κ3) is 7.72. The van der Waals surface area contributed by atoms with Gasteiger partial charge in [0.15, 0.2) is 0 Å². The zero-order valence-electron chi connectivity index (χ0n) is 22.0. The SMILES string of the molecule is CC(=O)Nc1ccc(CCS(=O)(=O)N2CCC(NC(=O)C3CCC(CC(F)F)CC3)(C(N)=O)CC2)c(C)c1. The van der Waals surface area contributed by atoms with Gasteiger partial charge in [0.2, 0.25) is 34.2 Å². The summed E-state index contributed by atoms with van der Waals surface area (Å²) in [6.07, 6.45) is -0.0710. The van der Waals surface area contributed by atoms with Crippen LogP contribution >= 0.6 is 0 Å². The number of primary amides is 1. The lowest BCUT2D eigenvalue weighted by atomic mass is 9.79. The van der Waals surface area contributed by atoms with E-state index in [1.807, 2.05) is 6.92 Å². The minimum atomic E-state index is -3.63. The standard InChI is InChI=1S/C26H38F2N4O5S/c1-17-15-22(30-18(2)33)8-7-20(17)9-14-38(36,37)32-12-10-26(11-13-32,25(29)35)31-24(34)21-5-3-19(4-6-21)16-23(27)28/h7-8,15,19,21,23H,3-6,9-14,16H2,1-2H3,(H2,29,35)(H,30,33)(H,31,34). The lowest BCUT2D eigenvalue weighted by Crippen LogP contribution is -2.63. The molecule has 1 aliphatic heterocycles. The highest BCUT2D eigenvalue weighted by molar-refractivity contribution is 7.89. The quantitative estimate of drug-likeness (QED) is 0.407. The van der Waals surface area contributed by atoms with Gasteiger partial charge in [-0.05, 0) is 81.0 Å². The summed E-state index contributed by atoms with van der Waals surface area (Å²) in [5.41, 5.74) is 6.70. The number of anilines is 1. The van der Waals surface area contributed by atoms with Gasteiger partial charge in [-0.1, -0.05) is 6.07 Å². The Bertz CT molecular complexity index is 1130. The van der Waals surface area contributed by atoms with E-state index in [9.17, 15) is 31.6 Å². The van der Waals surface area contributed by atoms with Gasteiger partial charge in [-0.15, -0.1) is 0 Å². The molecule has 2 fully saturated rings. The zero-order valence-corrected chi connectivity index (χ0v) is 22.8. The third-order valence-corrected chi connectivity index (χ3v) is 9.70. The third-order valence-electron chi connectivity index (χ3n) is 7.82. The van der Waals surface area contributed by atoms with Crippen LogP contribution in [-0.2, 0) is 30.8 Å². The molecule has 1 aromatic rings. The molecule has 0 aromatic heterocycles. The van der Waals surface area contributed by atoms with Crippen molar-refractivity contribution in [3.63, 3.8) is 0 Å². The maximum atomic E-state index is 13.1. The molecule has 1 aromatic carbocycles.